The van der Waals surface area contributed by atoms with Crippen LogP contribution in [0.25, 0.3) is 20.2 Å². The zero-order valence-electron chi connectivity index (χ0n) is 33.0. The lowest BCUT2D eigenvalue weighted by Gasteiger charge is -2.40. The van der Waals surface area contributed by atoms with Gasteiger partial charge in [0.25, 0.3) is 11.8 Å². The van der Waals surface area contributed by atoms with E-state index >= 15 is 0 Å². The van der Waals surface area contributed by atoms with Crippen LogP contribution in [0.5, 0.6) is 0 Å². The van der Waals surface area contributed by atoms with Crippen LogP contribution in [0.3, 0.4) is 0 Å². The highest BCUT2D eigenvalue weighted by molar-refractivity contribution is 7.14. The van der Waals surface area contributed by atoms with Gasteiger partial charge in [-0.25, -0.2) is 0 Å². The highest BCUT2D eigenvalue weighted by Crippen LogP contribution is 2.35. The van der Waals surface area contributed by atoms with Gasteiger partial charge in [0.05, 0.1) is 20.5 Å². The summed E-state index contributed by atoms with van der Waals surface area (Å²) in [5.41, 5.74) is 2.42. The smallest absolute Gasteiger partial charge is 0.261 e. The maximum atomic E-state index is 13.0. The average molecular weight is 805 g/mol. The minimum atomic E-state index is -0.137. The van der Waals surface area contributed by atoms with E-state index in [0.29, 0.717) is 29.5 Å². The first kappa shape index (κ1) is 38.6. The van der Waals surface area contributed by atoms with E-state index in [1.54, 1.807) is 35.2 Å². The summed E-state index contributed by atoms with van der Waals surface area (Å²) in [5, 5.41) is 13.7. The van der Waals surface area contributed by atoms with Crippen molar-refractivity contribution in [1.29, 1.82) is 0 Å². The first-order chi connectivity index (χ1) is 28.1. The Kier molecular flexibility index (Phi) is 12.1. The molecule has 4 heterocycles. The van der Waals surface area contributed by atoms with Crippen LogP contribution in [0.2, 0.25) is 0 Å². The third-order valence-corrected chi connectivity index (χ3v) is 15.0. The lowest BCUT2D eigenvalue weighted by molar-refractivity contribution is 0.0587. The Morgan fingerprint density at radius 2 is 1.28 bits per heavy atom. The standard InChI is InChI=1S/C45H56N8O2S2/c54-44-36-15-5-6-16-37(36)45(55)53(44)30-35-13-4-2-10-31(35)26-46-20-21-48-42-39-18-9-14-33(41(39)57-49-42)28-47-27-32-11-1-3-12-34(32)29-51-22-24-52(25-23-51)43-38-17-7-8-19-40(38)56-50-43/h5-9,14-19,31-32,34-35,46-47H,1-4,10-13,20-30H2,(H,48,49)/t31-,32-,34-,35-/m0/s1. The summed E-state index contributed by atoms with van der Waals surface area (Å²) in [5.74, 6) is 4.12. The Labute approximate surface area is 344 Å². The molecule has 2 aromatic heterocycles. The Bertz CT molecular complexity index is 2130. The number of nitrogens with zero attached hydrogens (tertiary/aromatic N) is 5. The van der Waals surface area contributed by atoms with Gasteiger partial charge in [-0.3, -0.25) is 19.4 Å². The molecule has 300 valence electrons. The van der Waals surface area contributed by atoms with Crippen molar-refractivity contribution in [3.8, 4) is 0 Å². The van der Waals surface area contributed by atoms with Crippen LogP contribution in [0, 0.1) is 23.7 Å². The van der Waals surface area contributed by atoms with E-state index in [9.17, 15) is 9.59 Å². The van der Waals surface area contributed by atoms with Crippen molar-refractivity contribution in [1.82, 2.24) is 29.2 Å². The van der Waals surface area contributed by atoms with E-state index in [4.69, 9.17) is 8.75 Å². The second kappa shape index (κ2) is 17.9. The summed E-state index contributed by atoms with van der Waals surface area (Å²) in [6.45, 7) is 10.5. The molecule has 2 amide bonds. The predicted molar refractivity (Wildman–Crippen MR) is 234 cm³/mol. The highest BCUT2D eigenvalue weighted by atomic mass is 32.1. The molecular formula is C45H56N8O2S2. The van der Waals surface area contributed by atoms with Crippen molar-refractivity contribution < 1.29 is 9.59 Å². The number of aromatic nitrogens is 2. The summed E-state index contributed by atoms with van der Waals surface area (Å²) >= 11 is 3.22. The number of hydrogen-bond donors (Lipinski definition) is 3. The first-order valence-electron chi connectivity index (χ1n) is 21.4. The van der Waals surface area contributed by atoms with Gasteiger partial charge < -0.3 is 20.9 Å². The molecule has 2 saturated carbocycles. The lowest BCUT2D eigenvalue weighted by Crippen LogP contribution is -2.49. The fourth-order valence-corrected chi connectivity index (χ4v) is 11.7. The van der Waals surface area contributed by atoms with Gasteiger partial charge in [-0.1, -0.05) is 62.1 Å². The van der Waals surface area contributed by atoms with Gasteiger partial charge in [0.15, 0.2) is 0 Å². The predicted octanol–water partition coefficient (Wildman–Crippen LogP) is 7.73. The van der Waals surface area contributed by atoms with Crippen molar-refractivity contribution in [3.05, 3.63) is 83.4 Å². The van der Waals surface area contributed by atoms with Crippen molar-refractivity contribution in [3.63, 3.8) is 0 Å². The van der Waals surface area contributed by atoms with Crippen molar-refractivity contribution in [2.45, 2.75) is 57.9 Å². The quantitative estimate of drug-likeness (QED) is 0.0725. The molecule has 9 rings (SSSR count). The number of hydrogen-bond acceptors (Lipinski definition) is 11. The highest BCUT2D eigenvalue weighted by Gasteiger charge is 2.38. The zero-order chi connectivity index (χ0) is 38.6. The monoisotopic (exact) mass is 804 g/mol. The summed E-state index contributed by atoms with van der Waals surface area (Å²) in [4.78, 5) is 32.8. The first-order valence-corrected chi connectivity index (χ1v) is 22.9. The van der Waals surface area contributed by atoms with Crippen molar-refractivity contribution >= 4 is 66.7 Å². The van der Waals surface area contributed by atoms with Crippen LogP contribution >= 0.6 is 23.1 Å². The van der Waals surface area contributed by atoms with E-state index in [-0.39, 0.29) is 11.8 Å². The Hall–Kier alpha value is -3.94. The molecule has 2 aliphatic carbocycles. The van der Waals surface area contributed by atoms with E-state index in [1.165, 1.54) is 75.1 Å². The number of imide groups is 1. The van der Waals surface area contributed by atoms with Gasteiger partial charge in [-0.05, 0) is 121 Å². The van der Waals surface area contributed by atoms with Crippen LogP contribution in [0.4, 0.5) is 11.6 Å². The number of amides is 2. The molecule has 0 unspecified atom stereocenters. The molecular weight excluding hydrogens is 749 g/mol. The largest absolute Gasteiger partial charge is 0.367 e. The molecule has 1 saturated heterocycles. The molecule has 12 heteroatoms. The van der Waals surface area contributed by atoms with E-state index in [1.807, 2.05) is 12.1 Å². The molecule has 10 nitrogen and oxygen atoms in total. The van der Waals surface area contributed by atoms with Gasteiger partial charge in [0.2, 0.25) is 0 Å². The van der Waals surface area contributed by atoms with Gasteiger partial charge in [0, 0.05) is 69.7 Å². The molecule has 0 radical (unpaired) electrons. The topological polar surface area (TPSA) is 106 Å². The summed E-state index contributed by atoms with van der Waals surface area (Å²) < 4.78 is 12.2. The number of benzene rings is 3. The second-order valence-corrected chi connectivity index (χ2v) is 18.3. The van der Waals surface area contributed by atoms with Crippen LogP contribution < -0.4 is 20.9 Å². The Morgan fingerprint density at radius 1 is 0.632 bits per heavy atom. The SMILES string of the molecule is O=C1c2ccccc2C(=O)N1C[C@@H]1CCCC[C@H]1CNCCNc1nsc2c(CNC[C@@H]3CCCC[C@H]3CN3CCN(c4nsc5ccccc45)CC3)cccc12. The van der Waals surface area contributed by atoms with Crippen LogP contribution in [0.1, 0.15) is 77.6 Å². The Morgan fingerprint density at radius 3 is 2.04 bits per heavy atom. The number of fused-ring (bicyclic) bond motifs is 3. The van der Waals surface area contributed by atoms with E-state index in [2.05, 4.69) is 68.2 Å². The number of piperazine rings is 1. The number of anilines is 2. The number of carbonyl (C=O) groups is 2. The summed E-state index contributed by atoms with van der Waals surface area (Å²) in [6.07, 6.45) is 9.93. The van der Waals surface area contributed by atoms with E-state index in [0.717, 1.165) is 95.8 Å². The van der Waals surface area contributed by atoms with Gasteiger partial charge in [0.1, 0.15) is 11.6 Å². The van der Waals surface area contributed by atoms with Crippen LogP contribution in [-0.2, 0) is 6.54 Å². The molecule has 3 fully saturated rings. The minimum absolute atomic E-state index is 0.137. The third kappa shape index (κ3) is 8.48. The fourth-order valence-electron chi connectivity index (χ4n) is 10.0. The van der Waals surface area contributed by atoms with Crippen LogP contribution in [-0.4, -0.2) is 95.8 Å². The van der Waals surface area contributed by atoms with Gasteiger partial charge in [-0.2, -0.15) is 8.75 Å². The Balaban J connectivity index is 0.718. The molecule has 0 spiro atoms. The molecule has 4 atom stereocenters. The molecule has 5 aromatic rings. The normalized spacial score (nSPS) is 23.2. The number of nitrogens with one attached hydrogen (secondary N) is 3. The number of rotatable bonds is 15. The molecule has 3 N–H and O–H groups in total. The zero-order valence-corrected chi connectivity index (χ0v) is 34.6. The maximum absolute atomic E-state index is 13.0. The van der Waals surface area contributed by atoms with Crippen molar-refractivity contribution in [2.75, 3.05) is 75.7 Å². The molecule has 57 heavy (non-hydrogen) atoms. The van der Waals surface area contributed by atoms with Gasteiger partial charge in [-0.15, -0.1) is 0 Å². The molecule has 4 aliphatic rings. The van der Waals surface area contributed by atoms with Crippen LogP contribution in [0.15, 0.2) is 66.7 Å². The molecule has 2 aliphatic heterocycles. The summed E-state index contributed by atoms with van der Waals surface area (Å²) in [7, 11) is 0. The minimum Gasteiger partial charge on any atom is -0.367 e. The summed E-state index contributed by atoms with van der Waals surface area (Å²) in [6, 6.07) is 22.5. The molecule has 3 aromatic carbocycles. The van der Waals surface area contributed by atoms with Gasteiger partial charge >= 0.3 is 0 Å². The average Bonchev–Trinajstić information content (AvgIpc) is 3.94. The van der Waals surface area contributed by atoms with E-state index < -0.39 is 0 Å². The lowest BCUT2D eigenvalue weighted by atomic mass is 9.78. The number of carbonyl (C=O) groups excluding carboxylic acids is 2. The van der Waals surface area contributed by atoms with Crippen molar-refractivity contribution in [2.24, 2.45) is 23.7 Å². The second-order valence-electron chi connectivity index (χ2n) is 16.8. The molecule has 0 bridgehead atoms. The third-order valence-electron chi connectivity index (χ3n) is 13.3. The maximum Gasteiger partial charge on any atom is 0.261 e. The fraction of sp³-hybridized carbons (Fsp3) is 0.511.